The quantitative estimate of drug-likeness (QED) is 0.855. The van der Waals surface area contributed by atoms with Gasteiger partial charge in [-0.3, -0.25) is 4.79 Å². The maximum Gasteiger partial charge on any atom is 0.234 e. The van der Waals surface area contributed by atoms with Crippen molar-refractivity contribution in [2.45, 2.75) is 19.9 Å². The Balaban J connectivity index is 2.28. The summed E-state index contributed by atoms with van der Waals surface area (Å²) in [5.41, 5.74) is 7.57. The Kier molecular flexibility index (Phi) is 4.07. The van der Waals surface area contributed by atoms with Crippen molar-refractivity contribution in [3.63, 3.8) is 0 Å². The minimum atomic E-state index is -0.304. The van der Waals surface area contributed by atoms with Gasteiger partial charge in [0.15, 0.2) is 0 Å². The highest BCUT2D eigenvalue weighted by molar-refractivity contribution is 5.96. The van der Waals surface area contributed by atoms with Gasteiger partial charge in [-0.2, -0.15) is 0 Å². The molecule has 104 valence electrons. The van der Waals surface area contributed by atoms with Gasteiger partial charge in [0.05, 0.1) is 24.8 Å². The van der Waals surface area contributed by atoms with Crippen LogP contribution in [0.5, 0.6) is 5.75 Å². The molecular formula is C14H20N2O3. The van der Waals surface area contributed by atoms with Crippen molar-refractivity contribution >= 4 is 11.6 Å². The number of hydrogen-bond acceptors (Lipinski definition) is 4. The molecule has 0 aromatic heterocycles. The summed E-state index contributed by atoms with van der Waals surface area (Å²) in [5.74, 6) is -0.193. The summed E-state index contributed by atoms with van der Waals surface area (Å²) in [4.78, 5) is 14.2. The predicted molar refractivity (Wildman–Crippen MR) is 73.2 cm³/mol. The van der Waals surface area contributed by atoms with E-state index in [0.717, 1.165) is 11.3 Å². The highest BCUT2D eigenvalue weighted by Crippen LogP contribution is 2.27. The van der Waals surface area contributed by atoms with E-state index >= 15 is 0 Å². The van der Waals surface area contributed by atoms with Crippen molar-refractivity contribution < 1.29 is 14.6 Å². The van der Waals surface area contributed by atoms with Crippen LogP contribution >= 0.6 is 0 Å². The molecule has 1 amide bonds. The van der Waals surface area contributed by atoms with E-state index in [1.807, 2.05) is 13.8 Å². The molecule has 19 heavy (non-hydrogen) atoms. The maximum absolute atomic E-state index is 12.5. The Bertz CT molecular complexity index is 476. The molecule has 1 aromatic rings. The number of aromatic hydroxyl groups is 1. The van der Waals surface area contributed by atoms with E-state index in [1.165, 1.54) is 0 Å². The zero-order chi connectivity index (χ0) is 14.0. The lowest BCUT2D eigenvalue weighted by atomic mass is 10.0. The molecule has 0 saturated carbocycles. The number of carbonyl (C=O) groups is 1. The number of phenolic OH excluding ortho intramolecular Hbond substituents is 1. The molecule has 2 rings (SSSR count). The molecule has 2 unspecified atom stereocenters. The Morgan fingerprint density at radius 3 is 2.84 bits per heavy atom. The van der Waals surface area contributed by atoms with Crippen molar-refractivity contribution in [1.82, 2.24) is 0 Å². The minimum absolute atomic E-state index is 0.0406. The molecular weight excluding hydrogens is 244 g/mol. The van der Waals surface area contributed by atoms with Gasteiger partial charge in [-0.1, -0.05) is 6.07 Å². The van der Waals surface area contributed by atoms with Gasteiger partial charge in [0.25, 0.3) is 0 Å². The summed E-state index contributed by atoms with van der Waals surface area (Å²) in [6.45, 7) is 5.15. The molecule has 0 spiro atoms. The van der Waals surface area contributed by atoms with E-state index in [0.29, 0.717) is 19.8 Å². The SMILES string of the molecule is CCN(C(=O)C1COCC1N)c1cc(O)ccc1C. The first-order valence-electron chi connectivity index (χ1n) is 6.49. The minimum Gasteiger partial charge on any atom is -0.508 e. The number of anilines is 1. The zero-order valence-corrected chi connectivity index (χ0v) is 11.3. The second kappa shape index (κ2) is 5.59. The zero-order valence-electron chi connectivity index (χ0n) is 11.3. The van der Waals surface area contributed by atoms with Crippen molar-refractivity contribution in [2.24, 2.45) is 11.7 Å². The number of benzene rings is 1. The van der Waals surface area contributed by atoms with E-state index in [-0.39, 0.29) is 23.6 Å². The van der Waals surface area contributed by atoms with Crippen LogP contribution in [-0.4, -0.2) is 36.8 Å². The van der Waals surface area contributed by atoms with E-state index in [1.54, 1.807) is 23.1 Å². The standard InChI is InChI=1S/C14H20N2O3/c1-3-16(13-6-10(17)5-4-9(13)2)14(18)11-7-19-8-12(11)15/h4-6,11-12,17H,3,7-8,15H2,1-2H3. The van der Waals surface area contributed by atoms with Gasteiger partial charge in [-0.25, -0.2) is 0 Å². The molecule has 5 heteroatoms. The van der Waals surface area contributed by atoms with Crippen LogP contribution < -0.4 is 10.6 Å². The Hall–Kier alpha value is -1.59. The van der Waals surface area contributed by atoms with Crippen LogP contribution in [-0.2, 0) is 9.53 Å². The number of rotatable bonds is 3. The summed E-state index contributed by atoms with van der Waals surface area (Å²) < 4.78 is 5.25. The van der Waals surface area contributed by atoms with Crippen molar-refractivity contribution in [1.29, 1.82) is 0 Å². The van der Waals surface area contributed by atoms with Crippen molar-refractivity contribution in [3.05, 3.63) is 23.8 Å². The first-order chi connectivity index (χ1) is 9.04. The monoisotopic (exact) mass is 264 g/mol. The van der Waals surface area contributed by atoms with Gasteiger partial charge in [0.1, 0.15) is 5.75 Å². The lowest BCUT2D eigenvalue weighted by Crippen LogP contribution is -2.44. The average Bonchev–Trinajstić information content (AvgIpc) is 2.80. The number of hydrogen-bond donors (Lipinski definition) is 2. The van der Waals surface area contributed by atoms with Crippen molar-refractivity contribution in [2.75, 3.05) is 24.7 Å². The fraction of sp³-hybridized carbons (Fsp3) is 0.500. The van der Waals surface area contributed by atoms with E-state index < -0.39 is 0 Å². The summed E-state index contributed by atoms with van der Waals surface area (Å²) >= 11 is 0. The number of aryl methyl sites for hydroxylation is 1. The summed E-state index contributed by atoms with van der Waals surface area (Å²) in [7, 11) is 0. The number of nitrogens with zero attached hydrogens (tertiary/aromatic N) is 1. The Morgan fingerprint density at radius 1 is 1.53 bits per heavy atom. The molecule has 1 saturated heterocycles. The molecule has 0 aliphatic carbocycles. The number of amides is 1. The average molecular weight is 264 g/mol. The second-order valence-electron chi connectivity index (χ2n) is 4.86. The van der Waals surface area contributed by atoms with E-state index in [9.17, 15) is 9.90 Å². The highest BCUT2D eigenvalue weighted by atomic mass is 16.5. The van der Waals surface area contributed by atoms with Gasteiger partial charge < -0.3 is 20.5 Å². The summed E-state index contributed by atoms with van der Waals surface area (Å²) in [6.07, 6.45) is 0. The number of carbonyl (C=O) groups excluding carboxylic acids is 1. The molecule has 1 aliphatic rings. The fourth-order valence-corrected chi connectivity index (χ4v) is 2.36. The molecule has 5 nitrogen and oxygen atoms in total. The van der Waals surface area contributed by atoms with Crippen molar-refractivity contribution in [3.8, 4) is 5.75 Å². The van der Waals surface area contributed by atoms with Crippen LogP contribution in [0.15, 0.2) is 18.2 Å². The van der Waals surface area contributed by atoms with Crippen LogP contribution in [0.3, 0.4) is 0 Å². The van der Waals surface area contributed by atoms with Crippen LogP contribution in [0.2, 0.25) is 0 Å². The topological polar surface area (TPSA) is 75.8 Å². The molecule has 1 aliphatic heterocycles. The first kappa shape index (κ1) is 13.8. The molecule has 1 aromatic carbocycles. The molecule has 2 atom stereocenters. The van der Waals surface area contributed by atoms with Gasteiger partial charge in [0.2, 0.25) is 5.91 Å². The number of ether oxygens (including phenoxy) is 1. The molecule has 1 heterocycles. The normalized spacial score (nSPS) is 22.5. The van der Waals surface area contributed by atoms with Gasteiger partial charge in [0, 0.05) is 18.7 Å². The first-order valence-corrected chi connectivity index (χ1v) is 6.49. The molecule has 0 bridgehead atoms. The summed E-state index contributed by atoms with van der Waals surface area (Å²) in [5, 5.41) is 9.59. The largest absolute Gasteiger partial charge is 0.508 e. The van der Waals surface area contributed by atoms with Crippen LogP contribution in [0, 0.1) is 12.8 Å². The van der Waals surface area contributed by atoms with E-state index in [2.05, 4.69) is 0 Å². The molecule has 1 fully saturated rings. The maximum atomic E-state index is 12.5. The number of nitrogens with two attached hydrogens (primary N) is 1. The fourth-order valence-electron chi connectivity index (χ4n) is 2.36. The third kappa shape index (κ3) is 2.72. The summed E-state index contributed by atoms with van der Waals surface area (Å²) in [6, 6.07) is 4.77. The van der Waals surface area contributed by atoms with Gasteiger partial charge in [-0.15, -0.1) is 0 Å². The van der Waals surface area contributed by atoms with Crippen LogP contribution in [0.4, 0.5) is 5.69 Å². The predicted octanol–water partition coefficient (Wildman–Crippen LogP) is 1.03. The molecule has 3 N–H and O–H groups in total. The third-order valence-electron chi connectivity index (χ3n) is 3.51. The molecule has 0 radical (unpaired) electrons. The smallest absolute Gasteiger partial charge is 0.234 e. The lowest BCUT2D eigenvalue weighted by Gasteiger charge is -2.26. The second-order valence-corrected chi connectivity index (χ2v) is 4.86. The van der Waals surface area contributed by atoms with Crippen LogP contribution in [0.25, 0.3) is 0 Å². The lowest BCUT2D eigenvalue weighted by molar-refractivity contribution is -0.122. The Labute approximate surface area is 113 Å². The number of phenols is 1. The van der Waals surface area contributed by atoms with Gasteiger partial charge >= 0.3 is 0 Å². The van der Waals surface area contributed by atoms with Crippen LogP contribution in [0.1, 0.15) is 12.5 Å². The van der Waals surface area contributed by atoms with E-state index in [4.69, 9.17) is 10.5 Å². The Morgan fingerprint density at radius 2 is 2.26 bits per heavy atom. The highest BCUT2D eigenvalue weighted by Gasteiger charge is 2.34. The third-order valence-corrected chi connectivity index (χ3v) is 3.51. The van der Waals surface area contributed by atoms with Gasteiger partial charge in [-0.05, 0) is 25.5 Å².